The zero-order valence-corrected chi connectivity index (χ0v) is 24.5. The topological polar surface area (TPSA) is 99.2 Å². The van der Waals surface area contributed by atoms with E-state index in [2.05, 4.69) is 30.8 Å². The molecule has 0 aliphatic carbocycles. The molecule has 0 bridgehead atoms. The normalized spacial score (nSPS) is 14.4. The fourth-order valence-electron chi connectivity index (χ4n) is 4.64. The second-order valence-corrected chi connectivity index (χ2v) is 11.3. The molecule has 1 aliphatic heterocycles. The number of aromatic nitrogens is 2. The third-order valence-electron chi connectivity index (χ3n) is 7.34. The number of benzene rings is 2. The summed E-state index contributed by atoms with van der Waals surface area (Å²) in [5.41, 5.74) is -0.399. The molecule has 0 saturated carbocycles. The second-order valence-electron chi connectivity index (χ2n) is 10.9. The first kappa shape index (κ1) is 31.2. The van der Waals surface area contributed by atoms with Gasteiger partial charge in [0.15, 0.2) is 0 Å². The van der Waals surface area contributed by atoms with Crippen LogP contribution in [0.2, 0.25) is 5.02 Å². The van der Waals surface area contributed by atoms with Gasteiger partial charge in [0.25, 0.3) is 5.91 Å². The van der Waals surface area contributed by atoms with E-state index >= 15 is 0 Å². The van der Waals surface area contributed by atoms with E-state index in [4.69, 9.17) is 11.6 Å². The largest absolute Gasteiger partial charge is 0.417 e. The molecule has 2 heterocycles. The van der Waals surface area contributed by atoms with Crippen LogP contribution >= 0.6 is 11.6 Å². The lowest BCUT2D eigenvalue weighted by Gasteiger charge is -2.26. The fourth-order valence-corrected chi connectivity index (χ4v) is 4.86. The number of amides is 2. The molecule has 2 amide bonds. The van der Waals surface area contributed by atoms with E-state index in [9.17, 15) is 22.8 Å². The van der Waals surface area contributed by atoms with Crippen molar-refractivity contribution < 1.29 is 22.8 Å². The third-order valence-corrected chi connectivity index (χ3v) is 7.67. The number of piperidine rings is 1. The van der Waals surface area contributed by atoms with Crippen LogP contribution in [0.25, 0.3) is 0 Å². The van der Waals surface area contributed by atoms with Gasteiger partial charge in [0, 0.05) is 36.1 Å². The van der Waals surface area contributed by atoms with Gasteiger partial charge in [0.1, 0.15) is 12.1 Å². The standard InChI is InChI=1S/C30H34ClF3N6O2/c1-19-7-8-20(27(41)38-21-9-10-23(31)22(16-21)30(32,33)34)15-24(19)39-28(42)29(2,3)25-17-26(37-18-36-25)35-11-14-40-12-5-4-6-13-40/h7-10,15-18H,4-6,11-14H2,1-3H3,(H,38,41)(H,39,42)(H,35,36,37). The molecule has 12 heteroatoms. The molecule has 3 aromatic rings. The van der Waals surface area contributed by atoms with E-state index in [1.165, 1.54) is 43.8 Å². The molecule has 0 unspecified atom stereocenters. The Morgan fingerprint density at radius 3 is 2.43 bits per heavy atom. The Kier molecular flexibility index (Phi) is 9.73. The van der Waals surface area contributed by atoms with E-state index in [1.54, 1.807) is 32.9 Å². The number of nitrogens with one attached hydrogen (secondary N) is 3. The molecule has 2 aromatic carbocycles. The highest BCUT2D eigenvalue weighted by Gasteiger charge is 2.34. The predicted molar refractivity (Wildman–Crippen MR) is 158 cm³/mol. The molecule has 224 valence electrons. The highest BCUT2D eigenvalue weighted by atomic mass is 35.5. The number of halogens is 4. The molecule has 0 radical (unpaired) electrons. The Labute approximate surface area is 248 Å². The molecule has 1 aromatic heterocycles. The smallest absolute Gasteiger partial charge is 0.369 e. The van der Waals surface area contributed by atoms with Crippen molar-refractivity contribution >= 4 is 40.6 Å². The number of aryl methyl sites for hydroxylation is 1. The van der Waals surface area contributed by atoms with Crippen molar-refractivity contribution in [3.63, 3.8) is 0 Å². The minimum absolute atomic E-state index is 0.0619. The van der Waals surface area contributed by atoms with Gasteiger partial charge in [-0.2, -0.15) is 13.2 Å². The lowest BCUT2D eigenvalue weighted by Crippen LogP contribution is -2.36. The maximum absolute atomic E-state index is 13.4. The zero-order chi connectivity index (χ0) is 30.5. The number of rotatable bonds is 9. The quantitative estimate of drug-likeness (QED) is 0.258. The highest BCUT2D eigenvalue weighted by molar-refractivity contribution is 6.31. The Hall–Kier alpha value is -3.70. The number of carbonyl (C=O) groups excluding carboxylic acids is 2. The molecular weight excluding hydrogens is 569 g/mol. The molecule has 3 N–H and O–H groups in total. The van der Waals surface area contributed by atoms with Gasteiger partial charge in [-0.15, -0.1) is 0 Å². The average molecular weight is 603 g/mol. The van der Waals surface area contributed by atoms with Crippen molar-refractivity contribution in [1.29, 1.82) is 0 Å². The van der Waals surface area contributed by atoms with Gasteiger partial charge in [0.05, 0.1) is 21.7 Å². The van der Waals surface area contributed by atoms with Crippen molar-refractivity contribution in [2.75, 3.05) is 42.1 Å². The van der Waals surface area contributed by atoms with Crippen molar-refractivity contribution in [3.8, 4) is 0 Å². The van der Waals surface area contributed by atoms with E-state index in [-0.39, 0.29) is 17.2 Å². The third kappa shape index (κ3) is 7.77. The molecule has 1 saturated heterocycles. The number of likely N-dealkylation sites (tertiary alicyclic amines) is 1. The van der Waals surface area contributed by atoms with E-state index in [1.807, 2.05) is 0 Å². The summed E-state index contributed by atoms with van der Waals surface area (Å²) in [6.07, 6.45) is 0.478. The number of carbonyl (C=O) groups is 2. The number of hydrogen-bond acceptors (Lipinski definition) is 6. The van der Waals surface area contributed by atoms with Crippen LogP contribution in [0.1, 0.15) is 60.3 Å². The van der Waals surface area contributed by atoms with Crippen molar-refractivity contribution in [2.45, 2.75) is 51.6 Å². The van der Waals surface area contributed by atoms with Gasteiger partial charge in [-0.25, -0.2) is 9.97 Å². The summed E-state index contributed by atoms with van der Waals surface area (Å²) in [6, 6.07) is 9.55. The summed E-state index contributed by atoms with van der Waals surface area (Å²) in [7, 11) is 0. The second kappa shape index (κ2) is 13.1. The Morgan fingerprint density at radius 2 is 1.71 bits per heavy atom. The highest BCUT2D eigenvalue weighted by Crippen LogP contribution is 2.36. The zero-order valence-electron chi connectivity index (χ0n) is 23.7. The lowest BCUT2D eigenvalue weighted by molar-refractivity contribution is -0.137. The number of nitrogens with zero attached hydrogens (tertiary/aromatic N) is 3. The number of anilines is 3. The molecule has 0 spiro atoms. The first-order valence-corrected chi connectivity index (χ1v) is 14.1. The van der Waals surface area contributed by atoms with Gasteiger partial charge < -0.3 is 20.9 Å². The summed E-state index contributed by atoms with van der Waals surface area (Å²) in [5, 5.41) is 8.19. The molecule has 1 fully saturated rings. The maximum Gasteiger partial charge on any atom is 0.417 e. The van der Waals surface area contributed by atoms with Crippen LogP contribution in [-0.4, -0.2) is 52.9 Å². The van der Waals surface area contributed by atoms with Crippen LogP contribution in [0.4, 0.5) is 30.4 Å². The van der Waals surface area contributed by atoms with Crippen LogP contribution in [0, 0.1) is 6.92 Å². The fraction of sp³-hybridized carbons (Fsp3) is 0.400. The minimum atomic E-state index is -4.67. The van der Waals surface area contributed by atoms with Crippen molar-refractivity contribution in [1.82, 2.24) is 14.9 Å². The Balaban J connectivity index is 1.43. The lowest BCUT2D eigenvalue weighted by atomic mass is 9.87. The molecular formula is C30H34ClF3N6O2. The summed E-state index contributed by atoms with van der Waals surface area (Å²) in [4.78, 5) is 37.4. The van der Waals surface area contributed by atoms with Crippen LogP contribution in [0.5, 0.6) is 0 Å². The Bertz CT molecular complexity index is 1440. The monoisotopic (exact) mass is 602 g/mol. The van der Waals surface area contributed by atoms with Gasteiger partial charge >= 0.3 is 6.18 Å². The van der Waals surface area contributed by atoms with Crippen LogP contribution < -0.4 is 16.0 Å². The first-order valence-electron chi connectivity index (χ1n) is 13.7. The van der Waals surface area contributed by atoms with Crippen molar-refractivity contribution in [2.24, 2.45) is 0 Å². The predicted octanol–water partition coefficient (Wildman–Crippen LogP) is 6.52. The van der Waals surface area contributed by atoms with Gasteiger partial charge in [-0.1, -0.05) is 24.1 Å². The SMILES string of the molecule is Cc1ccc(C(=O)Nc2ccc(Cl)c(C(F)(F)F)c2)cc1NC(=O)C(C)(C)c1cc(NCCN2CCCCC2)ncn1. The molecule has 0 atom stereocenters. The summed E-state index contributed by atoms with van der Waals surface area (Å²) in [6.45, 7) is 9.10. The summed E-state index contributed by atoms with van der Waals surface area (Å²) >= 11 is 5.68. The summed E-state index contributed by atoms with van der Waals surface area (Å²) < 4.78 is 39.7. The van der Waals surface area contributed by atoms with Crippen LogP contribution in [-0.2, 0) is 16.4 Å². The molecule has 42 heavy (non-hydrogen) atoms. The van der Waals surface area contributed by atoms with E-state index in [0.717, 1.165) is 38.3 Å². The van der Waals surface area contributed by atoms with Gasteiger partial charge in [-0.05, 0) is 82.6 Å². The van der Waals surface area contributed by atoms with Gasteiger partial charge in [-0.3, -0.25) is 9.59 Å². The average Bonchev–Trinajstić information content (AvgIpc) is 2.95. The van der Waals surface area contributed by atoms with Crippen LogP contribution in [0.15, 0.2) is 48.8 Å². The van der Waals surface area contributed by atoms with Crippen LogP contribution in [0.3, 0.4) is 0 Å². The molecule has 1 aliphatic rings. The molecule has 8 nitrogen and oxygen atoms in total. The minimum Gasteiger partial charge on any atom is -0.369 e. The van der Waals surface area contributed by atoms with E-state index < -0.39 is 28.1 Å². The molecule has 4 rings (SSSR count). The van der Waals surface area contributed by atoms with Gasteiger partial charge in [0.2, 0.25) is 5.91 Å². The van der Waals surface area contributed by atoms with E-state index in [0.29, 0.717) is 22.8 Å². The first-order chi connectivity index (χ1) is 19.8. The maximum atomic E-state index is 13.4. The Morgan fingerprint density at radius 1 is 0.976 bits per heavy atom. The number of hydrogen-bond donors (Lipinski definition) is 3. The summed E-state index contributed by atoms with van der Waals surface area (Å²) in [5.74, 6) is -0.367. The van der Waals surface area contributed by atoms with Crippen molar-refractivity contribution in [3.05, 3.63) is 76.2 Å². The number of alkyl halides is 3.